The highest BCUT2D eigenvalue weighted by Gasteiger charge is 2.09. The van der Waals surface area contributed by atoms with Crippen molar-refractivity contribution < 1.29 is 9.36 Å². The Bertz CT molecular complexity index is 439. The Morgan fingerprint density at radius 1 is 1.60 bits per heavy atom. The van der Waals surface area contributed by atoms with Gasteiger partial charge in [0.2, 0.25) is 0 Å². The van der Waals surface area contributed by atoms with Crippen LogP contribution in [0.25, 0.3) is 6.08 Å². The van der Waals surface area contributed by atoms with Crippen molar-refractivity contribution in [3.8, 4) is 0 Å². The molecule has 0 radical (unpaired) electrons. The Morgan fingerprint density at radius 3 is 2.73 bits per heavy atom. The standard InChI is InChI=1S/C7H9BrN3O2PS/c8-5-3-6(15-4-5)1-2-7(12)11-14(9,10)13/h1-4H,(H5,9,10,11,12,13)/b2-1+. The van der Waals surface area contributed by atoms with E-state index in [0.29, 0.717) is 0 Å². The van der Waals surface area contributed by atoms with Crippen molar-refractivity contribution in [2.24, 2.45) is 11.0 Å². The molecule has 1 aromatic heterocycles. The fraction of sp³-hybridized carbons (Fsp3) is 0. The Balaban J connectivity index is 2.59. The van der Waals surface area contributed by atoms with E-state index in [4.69, 9.17) is 11.0 Å². The largest absolute Gasteiger partial charge is 0.300 e. The lowest BCUT2D eigenvalue weighted by atomic mass is 10.4. The lowest BCUT2D eigenvalue weighted by Gasteiger charge is -2.04. The van der Waals surface area contributed by atoms with Crippen LogP contribution in [-0.4, -0.2) is 5.91 Å². The zero-order valence-electron chi connectivity index (χ0n) is 7.51. The highest BCUT2D eigenvalue weighted by molar-refractivity contribution is 9.10. The molecule has 0 aliphatic rings. The number of thiophene rings is 1. The Kier molecular flexibility index (Phi) is 4.24. The van der Waals surface area contributed by atoms with Crippen LogP contribution in [0.15, 0.2) is 22.0 Å². The third-order valence-corrected chi connectivity index (χ3v) is 3.50. The van der Waals surface area contributed by atoms with Crippen LogP contribution in [0.2, 0.25) is 0 Å². The third-order valence-electron chi connectivity index (χ3n) is 1.27. The zero-order chi connectivity index (χ0) is 11.5. The molecule has 0 aliphatic carbocycles. The first-order chi connectivity index (χ1) is 6.87. The van der Waals surface area contributed by atoms with Gasteiger partial charge in [-0.25, -0.2) is 0 Å². The molecule has 0 spiro atoms. The summed E-state index contributed by atoms with van der Waals surface area (Å²) >= 11 is 4.74. The van der Waals surface area contributed by atoms with Crippen LogP contribution in [0.3, 0.4) is 0 Å². The molecule has 82 valence electrons. The number of carbonyl (C=O) groups excluding carboxylic acids is 1. The molecule has 1 heterocycles. The molecular formula is C7H9BrN3O2PS. The Hall–Kier alpha value is -0.460. The minimum atomic E-state index is -3.49. The summed E-state index contributed by atoms with van der Waals surface area (Å²) in [5.74, 6) is -0.576. The summed E-state index contributed by atoms with van der Waals surface area (Å²) in [6.07, 6.45) is 2.81. The van der Waals surface area contributed by atoms with Crippen molar-refractivity contribution in [3.05, 3.63) is 26.9 Å². The van der Waals surface area contributed by atoms with Crippen LogP contribution in [0.1, 0.15) is 4.88 Å². The number of nitrogens with two attached hydrogens (primary N) is 2. The van der Waals surface area contributed by atoms with E-state index in [0.717, 1.165) is 9.35 Å². The summed E-state index contributed by atoms with van der Waals surface area (Å²) in [5.41, 5.74) is 9.94. The predicted octanol–water partition coefficient (Wildman–Crippen LogP) is 1.67. The molecular weight excluding hydrogens is 301 g/mol. The van der Waals surface area contributed by atoms with Gasteiger partial charge in [-0.3, -0.25) is 25.5 Å². The van der Waals surface area contributed by atoms with Gasteiger partial charge in [0, 0.05) is 20.8 Å². The van der Waals surface area contributed by atoms with E-state index in [2.05, 4.69) is 15.9 Å². The molecule has 8 heteroatoms. The van der Waals surface area contributed by atoms with Crippen molar-refractivity contribution in [1.29, 1.82) is 0 Å². The molecule has 0 unspecified atom stereocenters. The molecule has 0 aliphatic heterocycles. The van der Waals surface area contributed by atoms with E-state index < -0.39 is 13.5 Å². The van der Waals surface area contributed by atoms with E-state index in [1.54, 1.807) is 6.08 Å². The summed E-state index contributed by atoms with van der Waals surface area (Å²) < 4.78 is 11.8. The molecule has 0 fully saturated rings. The highest BCUT2D eigenvalue weighted by Crippen LogP contribution is 2.21. The summed E-state index contributed by atoms with van der Waals surface area (Å²) in [7, 11) is -3.49. The molecule has 0 atom stereocenters. The first-order valence-electron chi connectivity index (χ1n) is 3.78. The van der Waals surface area contributed by atoms with Gasteiger partial charge < -0.3 is 0 Å². The lowest BCUT2D eigenvalue weighted by Crippen LogP contribution is -2.26. The van der Waals surface area contributed by atoms with Gasteiger partial charge in [-0.15, -0.1) is 11.3 Å². The van der Waals surface area contributed by atoms with E-state index in [1.165, 1.54) is 17.4 Å². The summed E-state index contributed by atoms with van der Waals surface area (Å²) in [6, 6.07) is 1.85. The first kappa shape index (κ1) is 12.6. The number of hydrogen-bond donors (Lipinski definition) is 3. The van der Waals surface area contributed by atoms with Crippen LogP contribution in [0, 0.1) is 0 Å². The second-order valence-corrected chi connectivity index (χ2v) is 6.19. The van der Waals surface area contributed by atoms with Crippen LogP contribution in [0.5, 0.6) is 0 Å². The van der Waals surface area contributed by atoms with Gasteiger partial charge in [0.15, 0.2) is 0 Å². The fourth-order valence-corrected chi connectivity index (χ4v) is 2.54. The number of rotatable bonds is 3. The van der Waals surface area contributed by atoms with Crippen LogP contribution < -0.4 is 16.1 Å². The number of halogens is 1. The maximum atomic E-state index is 11.1. The quantitative estimate of drug-likeness (QED) is 0.584. The second-order valence-electron chi connectivity index (χ2n) is 2.69. The third kappa shape index (κ3) is 5.25. The van der Waals surface area contributed by atoms with E-state index >= 15 is 0 Å². The molecule has 0 aromatic carbocycles. The maximum Gasteiger partial charge on any atom is 0.300 e. The normalized spacial score (nSPS) is 11.9. The molecule has 0 saturated carbocycles. The Morgan fingerprint density at radius 2 is 2.27 bits per heavy atom. The SMILES string of the molecule is NP(N)(=O)NC(=O)/C=C/c1cc(Br)cs1. The van der Waals surface area contributed by atoms with E-state index in [9.17, 15) is 9.36 Å². The van der Waals surface area contributed by atoms with Gasteiger partial charge in [-0.2, -0.15) is 0 Å². The van der Waals surface area contributed by atoms with Crippen LogP contribution in [0.4, 0.5) is 0 Å². The monoisotopic (exact) mass is 309 g/mol. The molecule has 1 amide bonds. The molecule has 5 nitrogen and oxygen atoms in total. The molecule has 0 bridgehead atoms. The first-order valence-corrected chi connectivity index (χ1v) is 7.30. The topological polar surface area (TPSA) is 98.2 Å². The second kappa shape index (κ2) is 5.05. The van der Waals surface area contributed by atoms with Gasteiger partial charge in [0.05, 0.1) is 0 Å². The molecule has 1 aromatic rings. The van der Waals surface area contributed by atoms with Crippen LogP contribution >= 0.6 is 34.9 Å². The highest BCUT2D eigenvalue weighted by atomic mass is 79.9. The van der Waals surface area contributed by atoms with Crippen molar-refractivity contribution in [2.75, 3.05) is 0 Å². The van der Waals surface area contributed by atoms with Crippen molar-refractivity contribution >= 4 is 46.8 Å². The lowest BCUT2D eigenvalue weighted by molar-refractivity contribution is -0.114. The fourth-order valence-electron chi connectivity index (χ4n) is 0.783. The zero-order valence-corrected chi connectivity index (χ0v) is 10.8. The number of carbonyl (C=O) groups is 1. The van der Waals surface area contributed by atoms with E-state index in [1.807, 2.05) is 16.5 Å². The van der Waals surface area contributed by atoms with Crippen molar-refractivity contribution in [2.45, 2.75) is 0 Å². The van der Waals surface area contributed by atoms with Crippen molar-refractivity contribution in [1.82, 2.24) is 5.09 Å². The number of hydrogen-bond acceptors (Lipinski definition) is 3. The van der Waals surface area contributed by atoms with Gasteiger partial charge >= 0.3 is 7.59 Å². The molecule has 5 N–H and O–H groups in total. The minimum Gasteiger partial charge on any atom is -0.280 e. The van der Waals surface area contributed by atoms with Gasteiger partial charge in [-0.1, -0.05) is 0 Å². The predicted molar refractivity (Wildman–Crippen MR) is 65.2 cm³/mol. The van der Waals surface area contributed by atoms with Gasteiger partial charge in [0.1, 0.15) is 0 Å². The average molecular weight is 310 g/mol. The van der Waals surface area contributed by atoms with E-state index in [-0.39, 0.29) is 0 Å². The van der Waals surface area contributed by atoms with Crippen LogP contribution in [-0.2, 0) is 9.36 Å². The smallest absolute Gasteiger partial charge is 0.280 e. The number of amides is 1. The van der Waals surface area contributed by atoms with Gasteiger partial charge in [-0.05, 0) is 28.1 Å². The molecule has 0 saturated heterocycles. The summed E-state index contributed by atoms with van der Waals surface area (Å²) in [5, 5.41) is 3.86. The summed E-state index contributed by atoms with van der Waals surface area (Å²) in [4.78, 5) is 12.0. The average Bonchev–Trinajstić information content (AvgIpc) is 2.45. The molecule has 15 heavy (non-hydrogen) atoms. The molecule has 1 rings (SSSR count). The summed E-state index contributed by atoms with van der Waals surface area (Å²) in [6.45, 7) is 0. The maximum absolute atomic E-state index is 11.1. The Labute approximate surface area is 99.2 Å². The minimum absolute atomic E-state index is 0.576. The number of nitrogens with one attached hydrogen (secondary N) is 1. The van der Waals surface area contributed by atoms with Crippen molar-refractivity contribution in [3.63, 3.8) is 0 Å². The van der Waals surface area contributed by atoms with Gasteiger partial charge in [0.25, 0.3) is 5.91 Å².